The lowest BCUT2D eigenvalue weighted by Crippen LogP contribution is -2.31. The number of hydrogen-bond donors (Lipinski definition) is 1. The van der Waals surface area contributed by atoms with Gasteiger partial charge in [0.1, 0.15) is 0 Å². The number of aromatic nitrogens is 1. The molecule has 0 radical (unpaired) electrons. The Morgan fingerprint density at radius 2 is 2.06 bits per heavy atom. The number of nitrogens with one attached hydrogen (secondary N) is 1. The second kappa shape index (κ2) is 9.51. The van der Waals surface area contributed by atoms with Crippen molar-refractivity contribution in [2.24, 2.45) is 0 Å². The summed E-state index contributed by atoms with van der Waals surface area (Å²) < 4.78 is 1.07. The molecular weight excluding hydrogens is 288 g/mol. The van der Waals surface area contributed by atoms with Gasteiger partial charge in [0, 0.05) is 22.9 Å². The lowest BCUT2D eigenvalue weighted by molar-refractivity contribution is 0.456. The van der Waals surface area contributed by atoms with Gasteiger partial charge >= 0.3 is 0 Å². The second-order valence-corrected chi connectivity index (χ2v) is 5.78. The van der Waals surface area contributed by atoms with Gasteiger partial charge in [-0.2, -0.15) is 0 Å². The molecule has 0 amide bonds. The predicted octanol–water partition coefficient (Wildman–Crippen LogP) is 4.34. The zero-order valence-corrected chi connectivity index (χ0v) is 13.2. The third kappa shape index (κ3) is 6.50. The van der Waals surface area contributed by atoms with Crippen molar-refractivity contribution in [3.8, 4) is 0 Å². The van der Waals surface area contributed by atoms with Crippen LogP contribution in [0.4, 0.5) is 0 Å². The van der Waals surface area contributed by atoms with Gasteiger partial charge in [0.15, 0.2) is 0 Å². The lowest BCUT2D eigenvalue weighted by atomic mass is 10.0. The van der Waals surface area contributed by atoms with E-state index in [9.17, 15) is 0 Å². The summed E-state index contributed by atoms with van der Waals surface area (Å²) in [4.78, 5) is 4.24. The Morgan fingerprint density at radius 1 is 1.22 bits per heavy atom. The Balaban J connectivity index is 2.48. The Kier molecular flexibility index (Phi) is 8.27. The van der Waals surface area contributed by atoms with Gasteiger partial charge in [0.05, 0.1) is 0 Å². The molecule has 0 aromatic carbocycles. The van der Waals surface area contributed by atoms with E-state index in [-0.39, 0.29) is 0 Å². The standard InChI is InChI=1S/C15H25BrN2/c1-3-5-6-7-15(18-8-4-2)10-13-9-14(16)12-17-11-13/h9,11-12,15,18H,3-8,10H2,1-2H3. The molecule has 1 aromatic heterocycles. The molecule has 0 saturated heterocycles. The van der Waals surface area contributed by atoms with Crippen LogP contribution in [0.25, 0.3) is 0 Å². The van der Waals surface area contributed by atoms with E-state index < -0.39 is 0 Å². The van der Waals surface area contributed by atoms with E-state index in [2.05, 4.69) is 46.1 Å². The highest BCUT2D eigenvalue weighted by Crippen LogP contribution is 2.14. The fourth-order valence-corrected chi connectivity index (χ4v) is 2.53. The molecule has 0 spiro atoms. The molecule has 18 heavy (non-hydrogen) atoms. The van der Waals surface area contributed by atoms with Crippen molar-refractivity contribution < 1.29 is 0 Å². The van der Waals surface area contributed by atoms with E-state index >= 15 is 0 Å². The number of unbranched alkanes of at least 4 members (excludes halogenated alkanes) is 2. The molecule has 0 bridgehead atoms. The van der Waals surface area contributed by atoms with Crippen LogP contribution in [0, 0.1) is 0 Å². The topological polar surface area (TPSA) is 24.9 Å². The highest BCUT2D eigenvalue weighted by atomic mass is 79.9. The Hall–Kier alpha value is -0.410. The zero-order valence-electron chi connectivity index (χ0n) is 11.6. The van der Waals surface area contributed by atoms with Gasteiger partial charge in [-0.1, -0.05) is 33.1 Å². The highest BCUT2D eigenvalue weighted by Gasteiger charge is 2.09. The number of rotatable bonds is 9. The van der Waals surface area contributed by atoms with Crippen LogP contribution in [-0.4, -0.2) is 17.6 Å². The molecule has 3 heteroatoms. The summed E-state index contributed by atoms with van der Waals surface area (Å²) in [5.41, 5.74) is 1.31. The Morgan fingerprint density at radius 3 is 2.72 bits per heavy atom. The maximum atomic E-state index is 4.24. The minimum absolute atomic E-state index is 0.590. The van der Waals surface area contributed by atoms with E-state index in [0.717, 1.165) is 17.4 Å². The first-order valence-electron chi connectivity index (χ1n) is 7.09. The third-order valence-corrected chi connectivity index (χ3v) is 3.52. The molecule has 0 aliphatic carbocycles. The quantitative estimate of drug-likeness (QED) is 0.686. The second-order valence-electron chi connectivity index (χ2n) is 4.86. The summed E-state index contributed by atoms with van der Waals surface area (Å²) in [6.45, 7) is 5.59. The van der Waals surface area contributed by atoms with Crippen molar-refractivity contribution in [3.05, 3.63) is 28.5 Å². The molecule has 1 heterocycles. The molecule has 0 aliphatic heterocycles. The van der Waals surface area contributed by atoms with E-state index in [0.29, 0.717) is 6.04 Å². The predicted molar refractivity (Wildman–Crippen MR) is 81.9 cm³/mol. The van der Waals surface area contributed by atoms with Crippen LogP contribution in [0.5, 0.6) is 0 Å². The van der Waals surface area contributed by atoms with Crippen LogP contribution < -0.4 is 5.32 Å². The Bertz CT molecular complexity index is 328. The molecule has 2 nitrogen and oxygen atoms in total. The first-order valence-corrected chi connectivity index (χ1v) is 7.88. The fourth-order valence-electron chi connectivity index (χ4n) is 2.12. The molecular formula is C15H25BrN2. The van der Waals surface area contributed by atoms with Gasteiger partial charge < -0.3 is 5.32 Å². The molecule has 1 aromatic rings. The Labute approximate surface area is 120 Å². The van der Waals surface area contributed by atoms with E-state index in [1.807, 2.05) is 12.4 Å². The lowest BCUT2D eigenvalue weighted by Gasteiger charge is -2.18. The van der Waals surface area contributed by atoms with Crippen molar-refractivity contribution in [1.82, 2.24) is 10.3 Å². The van der Waals surface area contributed by atoms with E-state index in [4.69, 9.17) is 0 Å². The summed E-state index contributed by atoms with van der Waals surface area (Å²) in [7, 11) is 0. The minimum atomic E-state index is 0.590. The average Bonchev–Trinajstić information content (AvgIpc) is 2.36. The van der Waals surface area contributed by atoms with Gasteiger partial charge in [0.25, 0.3) is 0 Å². The summed E-state index contributed by atoms with van der Waals surface area (Å²) in [6.07, 6.45) is 11.3. The minimum Gasteiger partial charge on any atom is -0.314 e. The van der Waals surface area contributed by atoms with Gasteiger partial charge in [0.2, 0.25) is 0 Å². The number of hydrogen-bond acceptors (Lipinski definition) is 2. The normalized spacial score (nSPS) is 12.6. The first-order chi connectivity index (χ1) is 8.76. The molecule has 102 valence electrons. The van der Waals surface area contributed by atoms with Gasteiger partial charge in [-0.3, -0.25) is 4.98 Å². The maximum Gasteiger partial charge on any atom is 0.0410 e. The van der Waals surface area contributed by atoms with Gasteiger partial charge in [-0.25, -0.2) is 0 Å². The van der Waals surface area contributed by atoms with Crippen LogP contribution in [0.2, 0.25) is 0 Å². The monoisotopic (exact) mass is 312 g/mol. The average molecular weight is 313 g/mol. The van der Waals surface area contributed by atoms with Crippen LogP contribution in [0.15, 0.2) is 22.9 Å². The molecule has 1 unspecified atom stereocenters. The number of halogens is 1. The van der Waals surface area contributed by atoms with Crippen molar-refractivity contribution >= 4 is 15.9 Å². The summed E-state index contributed by atoms with van der Waals surface area (Å²) in [5.74, 6) is 0. The smallest absolute Gasteiger partial charge is 0.0410 e. The molecule has 0 fully saturated rings. The molecule has 1 rings (SSSR count). The fraction of sp³-hybridized carbons (Fsp3) is 0.667. The van der Waals surface area contributed by atoms with Crippen LogP contribution >= 0.6 is 15.9 Å². The van der Waals surface area contributed by atoms with Crippen LogP contribution in [-0.2, 0) is 6.42 Å². The van der Waals surface area contributed by atoms with Gasteiger partial charge in [-0.15, -0.1) is 0 Å². The molecule has 1 N–H and O–H groups in total. The molecule has 0 aliphatic rings. The summed E-state index contributed by atoms with van der Waals surface area (Å²) in [6, 6.07) is 2.76. The zero-order chi connectivity index (χ0) is 13.2. The van der Waals surface area contributed by atoms with Crippen LogP contribution in [0.1, 0.15) is 51.5 Å². The van der Waals surface area contributed by atoms with Crippen molar-refractivity contribution in [2.75, 3.05) is 6.54 Å². The van der Waals surface area contributed by atoms with E-state index in [1.165, 1.54) is 37.7 Å². The first kappa shape index (κ1) is 15.6. The van der Waals surface area contributed by atoms with Gasteiger partial charge in [-0.05, 0) is 53.4 Å². The van der Waals surface area contributed by atoms with Crippen molar-refractivity contribution in [2.45, 2.75) is 58.4 Å². The summed E-state index contributed by atoms with van der Waals surface area (Å²) >= 11 is 3.49. The summed E-state index contributed by atoms with van der Waals surface area (Å²) in [5, 5.41) is 3.65. The maximum absolute atomic E-state index is 4.24. The molecule has 1 atom stereocenters. The van der Waals surface area contributed by atoms with Crippen molar-refractivity contribution in [3.63, 3.8) is 0 Å². The number of nitrogens with zero attached hydrogens (tertiary/aromatic N) is 1. The number of pyridine rings is 1. The molecule has 0 saturated carbocycles. The van der Waals surface area contributed by atoms with Crippen molar-refractivity contribution in [1.29, 1.82) is 0 Å². The highest BCUT2D eigenvalue weighted by molar-refractivity contribution is 9.10. The largest absolute Gasteiger partial charge is 0.314 e. The van der Waals surface area contributed by atoms with E-state index in [1.54, 1.807) is 0 Å². The van der Waals surface area contributed by atoms with Crippen LogP contribution in [0.3, 0.4) is 0 Å². The SMILES string of the molecule is CCCCCC(Cc1cncc(Br)c1)NCCC. The third-order valence-electron chi connectivity index (χ3n) is 3.08.